The summed E-state index contributed by atoms with van der Waals surface area (Å²) in [6.07, 6.45) is 2.37. The largest absolute Gasteiger partial charge is 0.488 e. The van der Waals surface area contributed by atoms with Gasteiger partial charge in [0.1, 0.15) is 6.54 Å². The normalized spacial score (nSPS) is 10.3. The molecule has 1 N–H and O–H groups in total. The molecule has 22 heavy (non-hydrogen) atoms. The summed E-state index contributed by atoms with van der Waals surface area (Å²) in [4.78, 5) is 24.1. The number of anilines is 1. The number of amides is 1. The van der Waals surface area contributed by atoms with Gasteiger partial charge in [0.15, 0.2) is 5.75 Å². The van der Waals surface area contributed by atoms with Crippen molar-refractivity contribution >= 4 is 23.2 Å². The predicted octanol–water partition coefficient (Wildman–Crippen LogP) is 2.93. The highest BCUT2D eigenvalue weighted by molar-refractivity contribution is 6.30. The zero-order valence-electron chi connectivity index (χ0n) is 12.2. The Labute approximate surface area is 133 Å². The van der Waals surface area contributed by atoms with E-state index in [0.717, 1.165) is 6.42 Å². The van der Waals surface area contributed by atoms with E-state index < -0.39 is 0 Å². The van der Waals surface area contributed by atoms with Crippen molar-refractivity contribution in [1.82, 2.24) is 4.57 Å². The third-order valence-corrected chi connectivity index (χ3v) is 3.14. The van der Waals surface area contributed by atoms with Gasteiger partial charge in [-0.15, -0.1) is 0 Å². The van der Waals surface area contributed by atoms with Crippen LogP contribution in [0.15, 0.2) is 47.4 Å². The molecule has 1 amide bonds. The lowest BCUT2D eigenvalue weighted by Gasteiger charge is -2.09. The van der Waals surface area contributed by atoms with Crippen LogP contribution in [-0.4, -0.2) is 17.1 Å². The van der Waals surface area contributed by atoms with Crippen LogP contribution in [0.2, 0.25) is 5.02 Å². The van der Waals surface area contributed by atoms with E-state index in [0.29, 0.717) is 17.3 Å². The maximum Gasteiger partial charge on any atom is 0.293 e. The highest BCUT2D eigenvalue weighted by atomic mass is 35.5. The molecule has 0 bridgehead atoms. The first-order valence-corrected chi connectivity index (χ1v) is 7.35. The fourth-order valence-electron chi connectivity index (χ4n) is 1.85. The van der Waals surface area contributed by atoms with Crippen molar-refractivity contribution in [2.45, 2.75) is 19.9 Å². The van der Waals surface area contributed by atoms with Crippen LogP contribution in [-0.2, 0) is 11.3 Å². The molecular weight excluding hydrogens is 304 g/mol. The molecule has 0 saturated carbocycles. The first kappa shape index (κ1) is 16.1. The molecule has 0 radical (unpaired) electrons. The SMILES string of the molecule is CCCOc1cccn(CC(=O)Nc2ccc(Cl)cc2)c1=O. The highest BCUT2D eigenvalue weighted by Gasteiger charge is 2.08. The molecule has 0 aliphatic carbocycles. The number of rotatable bonds is 6. The standard InChI is InChI=1S/C16H17ClN2O3/c1-2-10-22-14-4-3-9-19(16(14)21)11-15(20)18-13-7-5-12(17)6-8-13/h3-9H,2,10-11H2,1H3,(H,18,20). The molecule has 0 saturated heterocycles. The van der Waals surface area contributed by atoms with Crippen LogP contribution in [0.3, 0.4) is 0 Å². The molecule has 0 aliphatic heterocycles. The Morgan fingerprint density at radius 1 is 1.27 bits per heavy atom. The van der Waals surface area contributed by atoms with E-state index in [1.54, 1.807) is 42.6 Å². The van der Waals surface area contributed by atoms with Crippen LogP contribution in [0.25, 0.3) is 0 Å². The lowest BCUT2D eigenvalue weighted by atomic mass is 10.3. The Bertz CT molecular complexity index is 695. The van der Waals surface area contributed by atoms with Gasteiger partial charge in [-0.3, -0.25) is 9.59 Å². The summed E-state index contributed by atoms with van der Waals surface area (Å²) in [5, 5.41) is 3.30. The van der Waals surface area contributed by atoms with Crippen molar-refractivity contribution < 1.29 is 9.53 Å². The summed E-state index contributed by atoms with van der Waals surface area (Å²) in [6.45, 7) is 2.35. The summed E-state index contributed by atoms with van der Waals surface area (Å²) in [7, 11) is 0. The van der Waals surface area contributed by atoms with Gasteiger partial charge < -0.3 is 14.6 Å². The van der Waals surface area contributed by atoms with Gasteiger partial charge >= 0.3 is 0 Å². The maximum atomic E-state index is 12.1. The zero-order chi connectivity index (χ0) is 15.9. The predicted molar refractivity (Wildman–Crippen MR) is 86.6 cm³/mol. The molecule has 0 spiro atoms. The molecule has 1 heterocycles. The van der Waals surface area contributed by atoms with Gasteiger partial charge in [-0.1, -0.05) is 18.5 Å². The average molecular weight is 321 g/mol. The fourth-order valence-corrected chi connectivity index (χ4v) is 1.98. The third-order valence-electron chi connectivity index (χ3n) is 2.89. The third kappa shape index (κ3) is 4.36. The number of carbonyl (C=O) groups excluding carboxylic acids is 1. The molecule has 116 valence electrons. The summed E-state index contributed by atoms with van der Waals surface area (Å²) < 4.78 is 6.68. The average Bonchev–Trinajstić information content (AvgIpc) is 2.50. The second kappa shape index (κ2) is 7.66. The van der Waals surface area contributed by atoms with Crippen molar-refractivity contribution in [1.29, 1.82) is 0 Å². The quantitative estimate of drug-likeness (QED) is 0.890. The number of hydrogen-bond acceptors (Lipinski definition) is 3. The molecule has 5 nitrogen and oxygen atoms in total. The van der Waals surface area contributed by atoms with Crippen LogP contribution in [0.1, 0.15) is 13.3 Å². The molecular formula is C16H17ClN2O3. The second-order valence-electron chi connectivity index (χ2n) is 4.71. The van der Waals surface area contributed by atoms with E-state index in [4.69, 9.17) is 16.3 Å². The molecule has 2 rings (SSSR count). The number of benzene rings is 1. The smallest absolute Gasteiger partial charge is 0.293 e. The molecule has 6 heteroatoms. The van der Waals surface area contributed by atoms with Gasteiger partial charge in [0.05, 0.1) is 6.61 Å². The first-order chi connectivity index (χ1) is 10.6. The van der Waals surface area contributed by atoms with E-state index in [2.05, 4.69) is 5.32 Å². The number of halogens is 1. The van der Waals surface area contributed by atoms with Crippen molar-refractivity contribution in [3.05, 3.63) is 58.0 Å². The Kier molecular flexibility index (Phi) is 5.61. The minimum absolute atomic E-state index is 0.0786. The molecule has 1 aromatic carbocycles. The van der Waals surface area contributed by atoms with Gasteiger partial charge in [0, 0.05) is 16.9 Å². The van der Waals surface area contributed by atoms with E-state index in [-0.39, 0.29) is 23.8 Å². The van der Waals surface area contributed by atoms with E-state index in [1.807, 2.05) is 6.92 Å². The van der Waals surface area contributed by atoms with Crippen LogP contribution < -0.4 is 15.6 Å². The van der Waals surface area contributed by atoms with Crippen LogP contribution >= 0.6 is 11.6 Å². The van der Waals surface area contributed by atoms with Crippen molar-refractivity contribution in [2.24, 2.45) is 0 Å². The Hall–Kier alpha value is -2.27. The molecule has 0 aliphatic rings. The minimum atomic E-state index is -0.317. The summed E-state index contributed by atoms with van der Waals surface area (Å²) in [6, 6.07) is 10.0. The number of hydrogen-bond donors (Lipinski definition) is 1. The van der Waals surface area contributed by atoms with Crippen LogP contribution in [0.5, 0.6) is 5.75 Å². The summed E-state index contributed by atoms with van der Waals surface area (Å²) in [5.41, 5.74) is 0.308. The number of ether oxygens (including phenoxy) is 1. The lowest BCUT2D eigenvalue weighted by molar-refractivity contribution is -0.116. The molecule has 0 atom stereocenters. The van der Waals surface area contributed by atoms with E-state index in [9.17, 15) is 9.59 Å². The Morgan fingerprint density at radius 2 is 2.00 bits per heavy atom. The van der Waals surface area contributed by atoms with E-state index in [1.165, 1.54) is 4.57 Å². The number of pyridine rings is 1. The molecule has 0 unspecified atom stereocenters. The number of nitrogens with one attached hydrogen (secondary N) is 1. The lowest BCUT2D eigenvalue weighted by Crippen LogP contribution is -2.28. The summed E-state index contributed by atoms with van der Waals surface area (Å²) in [5.74, 6) is -0.0410. The van der Waals surface area contributed by atoms with Gasteiger partial charge in [-0.25, -0.2) is 0 Å². The topological polar surface area (TPSA) is 60.3 Å². The highest BCUT2D eigenvalue weighted by Crippen LogP contribution is 2.13. The van der Waals surface area contributed by atoms with Crippen LogP contribution in [0, 0.1) is 0 Å². The molecule has 1 aromatic heterocycles. The maximum absolute atomic E-state index is 12.1. The van der Waals surface area contributed by atoms with Crippen molar-refractivity contribution in [3.8, 4) is 5.75 Å². The Balaban J connectivity index is 2.05. The fraction of sp³-hybridized carbons (Fsp3) is 0.250. The van der Waals surface area contributed by atoms with E-state index >= 15 is 0 Å². The first-order valence-electron chi connectivity index (χ1n) is 6.98. The van der Waals surface area contributed by atoms with Crippen molar-refractivity contribution in [3.63, 3.8) is 0 Å². The van der Waals surface area contributed by atoms with Gasteiger partial charge in [0.25, 0.3) is 5.56 Å². The molecule has 0 fully saturated rings. The van der Waals surface area contributed by atoms with Gasteiger partial charge in [-0.05, 0) is 42.8 Å². The summed E-state index contributed by atoms with van der Waals surface area (Å²) >= 11 is 5.79. The van der Waals surface area contributed by atoms with Gasteiger partial charge in [0.2, 0.25) is 5.91 Å². The van der Waals surface area contributed by atoms with Crippen LogP contribution in [0.4, 0.5) is 5.69 Å². The number of carbonyl (C=O) groups is 1. The second-order valence-corrected chi connectivity index (χ2v) is 5.15. The van der Waals surface area contributed by atoms with Gasteiger partial charge in [-0.2, -0.15) is 0 Å². The monoisotopic (exact) mass is 320 g/mol. The molecule has 2 aromatic rings. The zero-order valence-corrected chi connectivity index (χ0v) is 13.0. The number of aromatic nitrogens is 1. The number of nitrogens with zero attached hydrogens (tertiary/aromatic N) is 1. The van der Waals surface area contributed by atoms with Crippen molar-refractivity contribution in [2.75, 3.05) is 11.9 Å². The minimum Gasteiger partial charge on any atom is -0.488 e. The Morgan fingerprint density at radius 3 is 2.68 bits per heavy atom.